The quantitative estimate of drug-likeness (QED) is 0.528. The van der Waals surface area contributed by atoms with Crippen LogP contribution in [0.1, 0.15) is 35.1 Å². The van der Waals surface area contributed by atoms with Gasteiger partial charge in [-0.1, -0.05) is 30.3 Å². The predicted octanol–water partition coefficient (Wildman–Crippen LogP) is 3.81. The van der Waals surface area contributed by atoms with E-state index in [0.717, 1.165) is 46.5 Å². The van der Waals surface area contributed by atoms with Gasteiger partial charge in [-0.25, -0.2) is 4.98 Å². The van der Waals surface area contributed by atoms with Crippen LogP contribution in [0.25, 0.3) is 20.7 Å². The van der Waals surface area contributed by atoms with Crippen molar-refractivity contribution in [2.45, 2.75) is 31.8 Å². The van der Waals surface area contributed by atoms with Crippen LogP contribution < -0.4 is 10.5 Å². The number of rotatable bonds is 4. The lowest BCUT2D eigenvalue weighted by Gasteiger charge is -2.32. The maximum Gasteiger partial charge on any atom is 0.259 e. The maximum atomic E-state index is 12.8. The van der Waals surface area contributed by atoms with Gasteiger partial charge in [0, 0.05) is 27.7 Å². The Morgan fingerprint density at radius 1 is 1.17 bits per heavy atom. The molecule has 2 atom stereocenters. The standard InChI is InChI=1S/C23H21N3OS2/c27-22-17-12-19(14-4-2-1-3-5-14)29-23(17)25-20(24-22)13-26-10-8-18-16(9-11-28-18)21(26)15-6-7-15/h1-5,9,11-12,15,21H,6-8,10,13H2,(H,24,25,27)/p+1/t21-/m0/s1. The Morgan fingerprint density at radius 2 is 2.03 bits per heavy atom. The zero-order valence-electron chi connectivity index (χ0n) is 16.0. The van der Waals surface area contributed by atoms with Crippen molar-refractivity contribution in [1.82, 2.24) is 9.97 Å². The summed E-state index contributed by atoms with van der Waals surface area (Å²) >= 11 is 3.51. The average molecular weight is 421 g/mol. The van der Waals surface area contributed by atoms with Crippen LogP contribution in [0.5, 0.6) is 0 Å². The number of nitrogens with one attached hydrogen (secondary N) is 2. The van der Waals surface area contributed by atoms with E-state index in [1.807, 2.05) is 35.6 Å². The third-order valence-electron chi connectivity index (χ3n) is 6.23. The molecule has 6 heteroatoms. The van der Waals surface area contributed by atoms with Crippen molar-refractivity contribution in [2.75, 3.05) is 6.54 Å². The lowest BCUT2D eigenvalue weighted by molar-refractivity contribution is -0.950. The molecule has 0 amide bonds. The Kier molecular flexibility index (Phi) is 4.18. The van der Waals surface area contributed by atoms with Crippen LogP contribution >= 0.6 is 22.7 Å². The molecule has 4 aromatic rings. The highest BCUT2D eigenvalue weighted by molar-refractivity contribution is 7.21. The number of aromatic nitrogens is 2. The van der Waals surface area contributed by atoms with Crippen molar-refractivity contribution >= 4 is 32.9 Å². The third kappa shape index (κ3) is 3.16. The minimum Gasteiger partial charge on any atom is -0.322 e. The Morgan fingerprint density at radius 3 is 2.86 bits per heavy atom. The van der Waals surface area contributed by atoms with Crippen LogP contribution in [-0.2, 0) is 13.0 Å². The molecular weight excluding hydrogens is 398 g/mol. The SMILES string of the molecule is O=c1[nH]c(C[NH+]2CCc3sccc3[C@@H]2C2CC2)nc2sc(-c3ccccc3)cc12. The largest absolute Gasteiger partial charge is 0.322 e. The molecule has 1 aliphatic carbocycles. The van der Waals surface area contributed by atoms with Gasteiger partial charge in [0.05, 0.1) is 11.9 Å². The molecule has 1 unspecified atom stereocenters. The molecule has 0 radical (unpaired) electrons. The van der Waals surface area contributed by atoms with E-state index >= 15 is 0 Å². The van der Waals surface area contributed by atoms with Crippen LogP contribution in [0.4, 0.5) is 0 Å². The Balaban J connectivity index is 1.34. The van der Waals surface area contributed by atoms with Gasteiger partial charge in [0.25, 0.3) is 5.56 Å². The molecule has 0 saturated heterocycles. The smallest absolute Gasteiger partial charge is 0.259 e. The average Bonchev–Trinajstić information content (AvgIpc) is 3.29. The van der Waals surface area contributed by atoms with E-state index < -0.39 is 0 Å². The van der Waals surface area contributed by atoms with Crippen LogP contribution in [0, 0.1) is 5.92 Å². The van der Waals surface area contributed by atoms with Gasteiger partial charge in [-0.2, -0.15) is 0 Å². The number of thiophene rings is 2. The Labute approximate surface area is 176 Å². The van der Waals surface area contributed by atoms with Crippen LogP contribution in [0.3, 0.4) is 0 Å². The Hall–Kier alpha value is -2.28. The molecule has 1 saturated carbocycles. The molecule has 1 fully saturated rings. The van der Waals surface area contributed by atoms with E-state index in [0.29, 0.717) is 11.4 Å². The van der Waals surface area contributed by atoms with Crippen molar-refractivity contribution in [1.29, 1.82) is 0 Å². The minimum atomic E-state index is -0.0148. The second kappa shape index (κ2) is 6.90. The molecule has 0 spiro atoms. The number of fused-ring (bicyclic) bond motifs is 2. The summed E-state index contributed by atoms with van der Waals surface area (Å²) in [6.45, 7) is 1.91. The van der Waals surface area contributed by atoms with Gasteiger partial charge in [0.2, 0.25) is 0 Å². The van der Waals surface area contributed by atoms with Crippen molar-refractivity contribution in [3.8, 4) is 10.4 Å². The van der Waals surface area contributed by atoms with E-state index in [-0.39, 0.29) is 5.56 Å². The summed E-state index contributed by atoms with van der Waals surface area (Å²) in [6, 6.07) is 15.1. The van der Waals surface area contributed by atoms with E-state index in [1.165, 1.54) is 12.8 Å². The number of hydrogen-bond acceptors (Lipinski definition) is 4. The molecular formula is C23H22N3OS2+. The van der Waals surface area contributed by atoms with Crippen molar-refractivity contribution < 1.29 is 4.90 Å². The number of H-pyrrole nitrogens is 1. The lowest BCUT2D eigenvalue weighted by atomic mass is 9.96. The van der Waals surface area contributed by atoms with Gasteiger partial charge in [-0.3, -0.25) is 4.79 Å². The lowest BCUT2D eigenvalue weighted by Crippen LogP contribution is -3.12. The van der Waals surface area contributed by atoms with E-state index in [1.54, 1.807) is 26.7 Å². The summed E-state index contributed by atoms with van der Waals surface area (Å²) in [5.74, 6) is 1.61. The zero-order valence-corrected chi connectivity index (χ0v) is 17.6. The maximum absolute atomic E-state index is 12.8. The van der Waals surface area contributed by atoms with Gasteiger partial charge >= 0.3 is 0 Å². The number of quaternary nitrogens is 1. The molecule has 1 aromatic carbocycles. The molecule has 6 rings (SSSR count). The molecule has 4 heterocycles. The molecule has 146 valence electrons. The first-order valence-electron chi connectivity index (χ1n) is 10.3. The summed E-state index contributed by atoms with van der Waals surface area (Å²) in [5, 5.41) is 2.94. The van der Waals surface area contributed by atoms with E-state index in [9.17, 15) is 4.79 Å². The van der Waals surface area contributed by atoms with Crippen LogP contribution in [-0.4, -0.2) is 16.5 Å². The second-order valence-electron chi connectivity index (χ2n) is 8.16. The van der Waals surface area contributed by atoms with Gasteiger partial charge in [0.15, 0.2) is 5.82 Å². The van der Waals surface area contributed by atoms with Gasteiger partial charge in [-0.15, -0.1) is 22.7 Å². The predicted molar refractivity (Wildman–Crippen MR) is 119 cm³/mol. The first-order chi connectivity index (χ1) is 14.3. The van der Waals surface area contributed by atoms with Gasteiger partial charge in [0.1, 0.15) is 17.4 Å². The molecule has 3 aromatic heterocycles. The summed E-state index contributed by atoms with van der Waals surface area (Å²) in [6.07, 6.45) is 3.80. The molecule has 29 heavy (non-hydrogen) atoms. The number of hydrogen-bond donors (Lipinski definition) is 2. The fraction of sp³-hybridized carbons (Fsp3) is 0.304. The number of aromatic amines is 1. The minimum absolute atomic E-state index is 0.0148. The number of nitrogens with zero attached hydrogens (tertiary/aromatic N) is 1. The fourth-order valence-corrected chi connectivity index (χ4v) is 6.70. The topological polar surface area (TPSA) is 50.2 Å². The summed E-state index contributed by atoms with van der Waals surface area (Å²) in [4.78, 5) is 25.8. The third-order valence-corrected chi connectivity index (χ3v) is 8.30. The van der Waals surface area contributed by atoms with E-state index in [2.05, 4.69) is 28.6 Å². The first kappa shape index (κ1) is 17.6. The highest BCUT2D eigenvalue weighted by atomic mass is 32.1. The molecule has 2 aliphatic rings. The molecule has 0 bridgehead atoms. The molecule has 2 N–H and O–H groups in total. The summed E-state index contributed by atoms with van der Waals surface area (Å²) in [5.41, 5.74) is 2.67. The van der Waals surface area contributed by atoms with Crippen molar-refractivity contribution in [3.05, 3.63) is 74.5 Å². The van der Waals surface area contributed by atoms with E-state index in [4.69, 9.17) is 4.98 Å². The highest BCUT2D eigenvalue weighted by Gasteiger charge is 2.43. The second-order valence-corrected chi connectivity index (χ2v) is 10.2. The van der Waals surface area contributed by atoms with Crippen molar-refractivity contribution in [3.63, 3.8) is 0 Å². The monoisotopic (exact) mass is 420 g/mol. The number of benzene rings is 1. The fourth-order valence-electron chi connectivity index (χ4n) is 4.72. The van der Waals surface area contributed by atoms with Crippen LogP contribution in [0.2, 0.25) is 0 Å². The Bertz CT molecular complexity index is 1240. The summed E-state index contributed by atoms with van der Waals surface area (Å²) < 4.78 is 0. The zero-order chi connectivity index (χ0) is 19.4. The first-order valence-corrected chi connectivity index (χ1v) is 11.9. The van der Waals surface area contributed by atoms with Crippen molar-refractivity contribution in [2.24, 2.45) is 5.92 Å². The highest BCUT2D eigenvalue weighted by Crippen LogP contribution is 2.42. The van der Waals surface area contributed by atoms with Gasteiger partial charge in [-0.05, 0) is 35.9 Å². The molecule has 1 aliphatic heterocycles. The van der Waals surface area contributed by atoms with Gasteiger partial charge < -0.3 is 9.88 Å². The summed E-state index contributed by atoms with van der Waals surface area (Å²) in [7, 11) is 0. The van der Waals surface area contributed by atoms with Crippen LogP contribution in [0.15, 0.2) is 52.6 Å². The molecule has 4 nitrogen and oxygen atoms in total. The normalized spacial score (nSPS) is 21.4.